The van der Waals surface area contributed by atoms with Crippen LogP contribution in [0.3, 0.4) is 0 Å². The fourth-order valence-corrected chi connectivity index (χ4v) is 2.28. The van der Waals surface area contributed by atoms with Crippen LogP contribution in [-0.4, -0.2) is 4.98 Å². The molecule has 3 heteroatoms. The van der Waals surface area contributed by atoms with Gasteiger partial charge in [-0.3, -0.25) is 0 Å². The Morgan fingerprint density at radius 2 is 1.94 bits per heavy atom. The molecular formula is C14H18N2S. The number of hydrogen-bond donors (Lipinski definition) is 1. The van der Waals surface area contributed by atoms with Crippen LogP contribution in [0.2, 0.25) is 0 Å². The summed E-state index contributed by atoms with van der Waals surface area (Å²) in [6, 6.07) is 8.63. The molecule has 90 valence electrons. The molecule has 0 amide bonds. The highest BCUT2D eigenvalue weighted by Gasteiger charge is 2.00. The van der Waals surface area contributed by atoms with Crippen LogP contribution in [0.4, 0.5) is 5.69 Å². The normalized spacial score (nSPS) is 10.8. The number of benzene rings is 1. The zero-order valence-corrected chi connectivity index (χ0v) is 11.3. The largest absolute Gasteiger partial charge is 0.379 e. The monoisotopic (exact) mass is 246 g/mol. The van der Waals surface area contributed by atoms with Gasteiger partial charge in [-0.25, -0.2) is 4.98 Å². The third kappa shape index (κ3) is 3.30. The van der Waals surface area contributed by atoms with Gasteiger partial charge in [-0.2, -0.15) is 0 Å². The number of nitrogens with one attached hydrogen (secondary N) is 1. The fourth-order valence-electron chi connectivity index (χ4n) is 1.67. The summed E-state index contributed by atoms with van der Waals surface area (Å²) in [4.78, 5) is 4.43. The van der Waals surface area contributed by atoms with E-state index in [1.54, 1.807) is 11.3 Å². The maximum Gasteiger partial charge on any atom is 0.0898 e. The molecule has 17 heavy (non-hydrogen) atoms. The average molecular weight is 246 g/mol. The lowest BCUT2D eigenvalue weighted by Crippen LogP contribution is -1.99. The maximum absolute atomic E-state index is 4.43. The Balaban J connectivity index is 1.95. The molecule has 0 atom stereocenters. The second kappa shape index (κ2) is 5.32. The molecule has 0 spiro atoms. The third-order valence-corrected chi connectivity index (χ3v) is 3.54. The molecule has 0 fully saturated rings. The van der Waals surface area contributed by atoms with Gasteiger partial charge in [0.2, 0.25) is 0 Å². The minimum absolute atomic E-state index is 0.588. The maximum atomic E-state index is 4.43. The van der Waals surface area contributed by atoms with E-state index in [1.807, 2.05) is 6.92 Å². The van der Waals surface area contributed by atoms with E-state index in [2.05, 4.69) is 53.8 Å². The Labute approximate surface area is 107 Å². The Bertz CT molecular complexity index is 471. The first kappa shape index (κ1) is 12.1. The van der Waals surface area contributed by atoms with Gasteiger partial charge in [0.25, 0.3) is 0 Å². The van der Waals surface area contributed by atoms with Gasteiger partial charge in [-0.05, 0) is 30.5 Å². The summed E-state index contributed by atoms with van der Waals surface area (Å²) in [7, 11) is 0. The lowest BCUT2D eigenvalue weighted by atomic mass is 10.0. The van der Waals surface area contributed by atoms with Crippen molar-refractivity contribution in [1.82, 2.24) is 4.98 Å². The molecule has 1 N–H and O–H groups in total. The van der Waals surface area contributed by atoms with E-state index < -0.39 is 0 Å². The van der Waals surface area contributed by atoms with E-state index in [9.17, 15) is 0 Å². The molecule has 0 radical (unpaired) electrons. The Morgan fingerprint density at radius 3 is 2.47 bits per heavy atom. The number of rotatable bonds is 4. The van der Waals surface area contributed by atoms with Crippen LogP contribution in [0.25, 0.3) is 0 Å². The zero-order chi connectivity index (χ0) is 12.3. The number of aromatic nitrogens is 1. The quantitative estimate of drug-likeness (QED) is 0.875. The van der Waals surface area contributed by atoms with Crippen LogP contribution in [0.1, 0.15) is 36.0 Å². The predicted octanol–water partition coefficient (Wildman–Crippen LogP) is 4.19. The molecular weight excluding hydrogens is 228 g/mol. The van der Waals surface area contributed by atoms with Gasteiger partial charge < -0.3 is 5.32 Å². The summed E-state index contributed by atoms with van der Waals surface area (Å²) in [5, 5.41) is 6.61. The Kier molecular flexibility index (Phi) is 3.79. The van der Waals surface area contributed by atoms with E-state index >= 15 is 0 Å². The minimum atomic E-state index is 0.588. The summed E-state index contributed by atoms with van der Waals surface area (Å²) in [6.07, 6.45) is 0. The van der Waals surface area contributed by atoms with E-state index in [0.717, 1.165) is 22.9 Å². The van der Waals surface area contributed by atoms with Crippen molar-refractivity contribution in [3.8, 4) is 0 Å². The van der Waals surface area contributed by atoms with E-state index in [-0.39, 0.29) is 0 Å². The smallest absolute Gasteiger partial charge is 0.0898 e. The van der Waals surface area contributed by atoms with Gasteiger partial charge in [-0.15, -0.1) is 11.3 Å². The van der Waals surface area contributed by atoms with Crippen molar-refractivity contribution in [3.05, 3.63) is 45.9 Å². The molecule has 0 unspecified atom stereocenters. The minimum Gasteiger partial charge on any atom is -0.379 e. The second-order valence-electron chi connectivity index (χ2n) is 4.49. The Morgan fingerprint density at radius 1 is 1.24 bits per heavy atom. The molecule has 0 aliphatic carbocycles. The fraction of sp³-hybridized carbons (Fsp3) is 0.357. The molecule has 1 aromatic carbocycles. The van der Waals surface area contributed by atoms with Crippen molar-refractivity contribution in [2.75, 3.05) is 5.32 Å². The molecule has 2 aromatic rings. The highest BCUT2D eigenvalue weighted by molar-refractivity contribution is 7.09. The van der Waals surface area contributed by atoms with Crippen LogP contribution in [0.15, 0.2) is 29.6 Å². The average Bonchev–Trinajstić information content (AvgIpc) is 2.73. The van der Waals surface area contributed by atoms with Crippen molar-refractivity contribution >= 4 is 17.0 Å². The second-order valence-corrected chi connectivity index (χ2v) is 5.55. The number of hydrogen-bond acceptors (Lipinski definition) is 3. The molecule has 2 nitrogen and oxygen atoms in total. The van der Waals surface area contributed by atoms with Gasteiger partial charge in [0, 0.05) is 11.1 Å². The van der Waals surface area contributed by atoms with Crippen LogP contribution in [-0.2, 0) is 6.54 Å². The molecule has 0 aliphatic heterocycles. The van der Waals surface area contributed by atoms with Gasteiger partial charge in [0.05, 0.1) is 17.2 Å². The molecule has 0 saturated heterocycles. The number of aryl methyl sites for hydroxylation is 1. The predicted molar refractivity (Wildman–Crippen MR) is 74.7 cm³/mol. The number of anilines is 1. The lowest BCUT2D eigenvalue weighted by molar-refractivity contribution is 0.866. The lowest BCUT2D eigenvalue weighted by Gasteiger charge is -2.08. The molecule has 1 aromatic heterocycles. The van der Waals surface area contributed by atoms with Crippen molar-refractivity contribution < 1.29 is 0 Å². The SMILES string of the molecule is Cc1nc(CNc2ccc(C(C)C)cc2)cs1. The number of thiazole rings is 1. The summed E-state index contributed by atoms with van der Waals surface area (Å²) >= 11 is 1.69. The van der Waals surface area contributed by atoms with Crippen LogP contribution < -0.4 is 5.32 Å². The van der Waals surface area contributed by atoms with E-state index in [4.69, 9.17) is 0 Å². The first-order valence-corrected chi connectivity index (χ1v) is 6.78. The van der Waals surface area contributed by atoms with E-state index in [1.165, 1.54) is 5.56 Å². The van der Waals surface area contributed by atoms with Gasteiger partial charge in [0.15, 0.2) is 0 Å². The van der Waals surface area contributed by atoms with Crippen molar-refractivity contribution in [3.63, 3.8) is 0 Å². The standard InChI is InChI=1S/C14H18N2S/c1-10(2)12-4-6-13(7-5-12)15-8-14-9-17-11(3)16-14/h4-7,9-10,15H,8H2,1-3H3. The number of nitrogens with zero attached hydrogens (tertiary/aromatic N) is 1. The van der Waals surface area contributed by atoms with Crippen molar-refractivity contribution in [1.29, 1.82) is 0 Å². The molecule has 1 heterocycles. The molecule has 2 rings (SSSR count). The first-order chi connectivity index (χ1) is 8.15. The molecule has 0 saturated carbocycles. The Hall–Kier alpha value is -1.35. The topological polar surface area (TPSA) is 24.9 Å². The summed E-state index contributed by atoms with van der Waals surface area (Å²) < 4.78 is 0. The van der Waals surface area contributed by atoms with Gasteiger partial charge in [-0.1, -0.05) is 26.0 Å². The van der Waals surface area contributed by atoms with Gasteiger partial charge in [0.1, 0.15) is 0 Å². The van der Waals surface area contributed by atoms with Crippen LogP contribution in [0, 0.1) is 6.92 Å². The highest BCUT2D eigenvalue weighted by atomic mass is 32.1. The molecule has 0 bridgehead atoms. The third-order valence-electron chi connectivity index (χ3n) is 2.72. The van der Waals surface area contributed by atoms with Gasteiger partial charge >= 0.3 is 0 Å². The highest BCUT2D eigenvalue weighted by Crippen LogP contribution is 2.18. The van der Waals surface area contributed by atoms with Crippen LogP contribution >= 0.6 is 11.3 Å². The van der Waals surface area contributed by atoms with Crippen molar-refractivity contribution in [2.24, 2.45) is 0 Å². The van der Waals surface area contributed by atoms with E-state index in [0.29, 0.717) is 5.92 Å². The summed E-state index contributed by atoms with van der Waals surface area (Å²) in [6.45, 7) is 7.25. The zero-order valence-electron chi connectivity index (χ0n) is 10.5. The van der Waals surface area contributed by atoms with Crippen LogP contribution in [0.5, 0.6) is 0 Å². The van der Waals surface area contributed by atoms with Crippen molar-refractivity contribution in [2.45, 2.75) is 33.2 Å². The molecule has 0 aliphatic rings. The summed E-state index contributed by atoms with van der Waals surface area (Å²) in [5.41, 5.74) is 3.64. The first-order valence-electron chi connectivity index (χ1n) is 5.90. The summed E-state index contributed by atoms with van der Waals surface area (Å²) in [5.74, 6) is 0.588.